The molecule has 29 heavy (non-hydrogen) atoms. The Morgan fingerprint density at radius 2 is 2.00 bits per heavy atom. The average molecular weight is 400 g/mol. The molecule has 0 spiro atoms. The number of nitrogens with zero attached hydrogens (tertiary/aromatic N) is 3. The SMILES string of the molecule is COc1cccc(C2NC(=O)N(C)C3=C2C(=O)N(CCCN2CCOCC2)C3)c1. The van der Waals surface area contributed by atoms with Crippen molar-refractivity contribution in [3.63, 3.8) is 0 Å². The first-order valence-corrected chi connectivity index (χ1v) is 10.1. The van der Waals surface area contributed by atoms with Crippen LogP contribution in [-0.2, 0) is 9.53 Å². The molecule has 3 heterocycles. The van der Waals surface area contributed by atoms with E-state index in [2.05, 4.69) is 10.2 Å². The molecule has 1 saturated heterocycles. The lowest BCUT2D eigenvalue weighted by Crippen LogP contribution is -2.45. The zero-order valence-electron chi connectivity index (χ0n) is 17.0. The summed E-state index contributed by atoms with van der Waals surface area (Å²) in [6.07, 6.45) is 0.904. The highest BCUT2D eigenvalue weighted by molar-refractivity contribution is 6.01. The summed E-state index contributed by atoms with van der Waals surface area (Å²) < 4.78 is 10.7. The van der Waals surface area contributed by atoms with Crippen LogP contribution < -0.4 is 10.1 Å². The van der Waals surface area contributed by atoms with E-state index in [0.717, 1.165) is 50.5 Å². The highest BCUT2D eigenvalue weighted by atomic mass is 16.5. The molecule has 0 aliphatic carbocycles. The molecule has 0 bridgehead atoms. The van der Waals surface area contributed by atoms with E-state index in [0.29, 0.717) is 24.4 Å². The fraction of sp³-hybridized carbons (Fsp3) is 0.524. The highest BCUT2D eigenvalue weighted by Gasteiger charge is 2.42. The van der Waals surface area contributed by atoms with Gasteiger partial charge in [0.2, 0.25) is 0 Å². The number of carbonyl (C=O) groups excluding carboxylic acids is 2. The molecule has 4 rings (SSSR count). The molecule has 156 valence electrons. The van der Waals surface area contributed by atoms with Crippen LogP contribution in [0.5, 0.6) is 5.75 Å². The Labute approximate surface area is 171 Å². The predicted octanol–water partition coefficient (Wildman–Crippen LogP) is 1.21. The lowest BCUT2D eigenvalue weighted by Gasteiger charge is -2.31. The van der Waals surface area contributed by atoms with Crippen molar-refractivity contribution in [2.75, 3.05) is 60.1 Å². The molecule has 8 nitrogen and oxygen atoms in total. The summed E-state index contributed by atoms with van der Waals surface area (Å²) in [4.78, 5) is 31.5. The van der Waals surface area contributed by atoms with Crippen molar-refractivity contribution in [3.05, 3.63) is 41.1 Å². The van der Waals surface area contributed by atoms with Crippen molar-refractivity contribution in [3.8, 4) is 5.75 Å². The maximum Gasteiger partial charge on any atom is 0.322 e. The second-order valence-electron chi connectivity index (χ2n) is 7.61. The fourth-order valence-corrected chi connectivity index (χ4v) is 4.19. The summed E-state index contributed by atoms with van der Waals surface area (Å²) in [5.41, 5.74) is 2.30. The molecule has 8 heteroatoms. The third-order valence-corrected chi connectivity index (χ3v) is 5.87. The van der Waals surface area contributed by atoms with E-state index < -0.39 is 6.04 Å². The van der Waals surface area contributed by atoms with Gasteiger partial charge in [0.1, 0.15) is 5.75 Å². The van der Waals surface area contributed by atoms with Crippen molar-refractivity contribution in [2.24, 2.45) is 0 Å². The molecule has 3 amide bonds. The number of hydrogen-bond donors (Lipinski definition) is 1. The van der Waals surface area contributed by atoms with Gasteiger partial charge in [-0.05, 0) is 24.1 Å². The van der Waals surface area contributed by atoms with Crippen LogP contribution >= 0.6 is 0 Å². The first-order valence-electron chi connectivity index (χ1n) is 10.1. The number of ether oxygens (including phenoxy) is 2. The number of rotatable bonds is 6. The van der Waals surface area contributed by atoms with Crippen molar-refractivity contribution in [1.82, 2.24) is 20.0 Å². The van der Waals surface area contributed by atoms with Gasteiger partial charge in [-0.2, -0.15) is 0 Å². The number of likely N-dealkylation sites (N-methyl/N-ethyl adjacent to an activating group) is 1. The first-order chi connectivity index (χ1) is 14.1. The Kier molecular flexibility index (Phi) is 5.73. The van der Waals surface area contributed by atoms with Crippen LogP contribution in [0.15, 0.2) is 35.5 Å². The van der Waals surface area contributed by atoms with E-state index in [-0.39, 0.29) is 11.9 Å². The molecule has 1 fully saturated rings. The number of carbonyl (C=O) groups is 2. The van der Waals surface area contributed by atoms with Crippen molar-refractivity contribution in [1.29, 1.82) is 0 Å². The van der Waals surface area contributed by atoms with Crippen LogP contribution in [0, 0.1) is 0 Å². The Morgan fingerprint density at radius 3 is 2.76 bits per heavy atom. The maximum absolute atomic E-state index is 13.2. The molecule has 0 aromatic heterocycles. The number of urea groups is 1. The zero-order chi connectivity index (χ0) is 20.4. The largest absolute Gasteiger partial charge is 0.497 e. The van der Waals surface area contributed by atoms with Crippen LogP contribution in [0.2, 0.25) is 0 Å². The minimum atomic E-state index is -0.458. The molecule has 1 N–H and O–H groups in total. The molecular weight excluding hydrogens is 372 g/mol. The van der Waals surface area contributed by atoms with Crippen molar-refractivity contribution in [2.45, 2.75) is 12.5 Å². The molecule has 0 radical (unpaired) electrons. The second-order valence-corrected chi connectivity index (χ2v) is 7.61. The van der Waals surface area contributed by atoms with Gasteiger partial charge >= 0.3 is 6.03 Å². The molecule has 3 aliphatic heterocycles. The highest BCUT2D eigenvalue weighted by Crippen LogP contribution is 2.36. The Bertz CT molecular complexity index is 819. The smallest absolute Gasteiger partial charge is 0.322 e. The average Bonchev–Trinajstić information content (AvgIpc) is 3.08. The second kappa shape index (κ2) is 8.42. The number of morpholine rings is 1. The Morgan fingerprint density at radius 1 is 1.21 bits per heavy atom. The number of hydrogen-bond acceptors (Lipinski definition) is 5. The van der Waals surface area contributed by atoms with Gasteiger partial charge in [0, 0.05) is 33.2 Å². The van der Waals surface area contributed by atoms with Crippen molar-refractivity contribution >= 4 is 11.9 Å². The summed E-state index contributed by atoms with van der Waals surface area (Å²) in [6, 6.07) is 6.86. The van der Waals surface area contributed by atoms with E-state index >= 15 is 0 Å². The van der Waals surface area contributed by atoms with Gasteiger partial charge in [-0.15, -0.1) is 0 Å². The molecule has 1 aromatic rings. The summed E-state index contributed by atoms with van der Waals surface area (Å²) in [5.74, 6) is 0.701. The van der Waals surface area contributed by atoms with E-state index in [4.69, 9.17) is 9.47 Å². The van der Waals surface area contributed by atoms with Gasteiger partial charge in [0.25, 0.3) is 5.91 Å². The standard InChI is InChI=1S/C21H28N4O4/c1-23-17-14-25(8-4-7-24-9-11-29-12-10-24)20(26)18(17)19(22-21(23)27)15-5-3-6-16(13-15)28-2/h3,5-6,13,19H,4,7-12,14H2,1-2H3,(H,22,27). The summed E-state index contributed by atoms with van der Waals surface area (Å²) in [6.45, 7) is 5.55. The minimum Gasteiger partial charge on any atom is -0.497 e. The van der Waals surface area contributed by atoms with Gasteiger partial charge < -0.3 is 19.7 Å². The van der Waals surface area contributed by atoms with Crippen LogP contribution in [0.25, 0.3) is 0 Å². The van der Waals surface area contributed by atoms with Crippen LogP contribution in [0.1, 0.15) is 18.0 Å². The first kappa shape index (κ1) is 19.7. The number of methoxy groups -OCH3 is 1. The van der Waals surface area contributed by atoms with E-state index in [1.165, 1.54) is 0 Å². The summed E-state index contributed by atoms with van der Waals surface area (Å²) in [7, 11) is 3.32. The van der Waals surface area contributed by atoms with E-state index in [9.17, 15) is 9.59 Å². The van der Waals surface area contributed by atoms with Crippen LogP contribution in [-0.4, -0.2) is 86.7 Å². The molecular formula is C21H28N4O4. The Balaban J connectivity index is 1.48. The summed E-state index contributed by atoms with van der Waals surface area (Å²) >= 11 is 0. The lowest BCUT2D eigenvalue weighted by molar-refractivity contribution is -0.125. The molecule has 0 saturated carbocycles. The monoisotopic (exact) mass is 400 g/mol. The molecule has 1 atom stereocenters. The summed E-state index contributed by atoms with van der Waals surface area (Å²) in [5, 5.41) is 2.97. The topological polar surface area (TPSA) is 74.4 Å². The van der Waals surface area contributed by atoms with Gasteiger partial charge in [0.15, 0.2) is 0 Å². The third-order valence-electron chi connectivity index (χ3n) is 5.87. The maximum atomic E-state index is 13.2. The van der Waals surface area contributed by atoms with Gasteiger partial charge in [-0.3, -0.25) is 14.6 Å². The van der Waals surface area contributed by atoms with Crippen molar-refractivity contribution < 1.29 is 19.1 Å². The minimum absolute atomic E-state index is 0.00153. The normalized spacial score (nSPS) is 22.8. The number of amides is 3. The van der Waals surface area contributed by atoms with E-state index in [1.54, 1.807) is 19.1 Å². The molecule has 1 aromatic carbocycles. The third kappa shape index (κ3) is 3.95. The predicted molar refractivity (Wildman–Crippen MR) is 108 cm³/mol. The van der Waals surface area contributed by atoms with Crippen LogP contribution in [0.3, 0.4) is 0 Å². The lowest BCUT2D eigenvalue weighted by atomic mass is 9.95. The molecule has 1 unspecified atom stereocenters. The number of nitrogens with one attached hydrogen (secondary N) is 1. The van der Waals surface area contributed by atoms with E-state index in [1.807, 2.05) is 29.2 Å². The molecule has 3 aliphatic rings. The number of benzene rings is 1. The van der Waals surface area contributed by atoms with Gasteiger partial charge in [-0.25, -0.2) is 4.79 Å². The van der Waals surface area contributed by atoms with Crippen LogP contribution in [0.4, 0.5) is 4.79 Å². The quantitative estimate of drug-likeness (QED) is 0.777. The fourth-order valence-electron chi connectivity index (χ4n) is 4.19. The van der Waals surface area contributed by atoms with Gasteiger partial charge in [-0.1, -0.05) is 12.1 Å². The zero-order valence-corrected chi connectivity index (χ0v) is 17.0. The Hall–Kier alpha value is -2.58. The van der Waals surface area contributed by atoms with Gasteiger partial charge in [0.05, 0.1) is 44.2 Å².